The summed E-state index contributed by atoms with van der Waals surface area (Å²) in [5, 5.41) is 3.59. The van der Waals surface area contributed by atoms with Gasteiger partial charge in [-0.1, -0.05) is 41.9 Å². The van der Waals surface area contributed by atoms with Crippen LogP contribution >= 0.6 is 11.6 Å². The Kier molecular flexibility index (Phi) is 5.84. The van der Waals surface area contributed by atoms with Crippen molar-refractivity contribution in [3.05, 3.63) is 64.2 Å². The zero-order valence-corrected chi connectivity index (χ0v) is 13.6. The van der Waals surface area contributed by atoms with Gasteiger partial charge in [-0.15, -0.1) is 0 Å². The number of carbonyl (C=O) groups excluding carboxylic acids is 1. The molecule has 0 fully saturated rings. The number of nitrogens with one attached hydrogen (secondary N) is 1. The smallest absolute Gasteiger partial charge is 0.257 e. The van der Waals surface area contributed by atoms with Gasteiger partial charge in [0.05, 0.1) is 0 Å². The Morgan fingerprint density at radius 1 is 1.14 bits per heavy atom. The van der Waals surface area contributed by atoms with Gasteiger partial charge in [-0.3, -0.25) is 4.79 Å². The van der Waals surface area contributed by atoms with Gasteiger partial charge in [0, 0.05) is 11.6 Å². The molecule has 0 spiro atoms. The molecule has 2 aromatic rings. The van der Waals surface area contributed by atoms with E-state index in [9.17, 15) is 4.79 Å². The van der Waals surface area contributed by atoms with Crippen LogP contribution in [0.4, 0.5) is 0 Å². The maximum atomic E-state index is 11.8. The van der Waals surface area contributed by atoms with Gasteiger partial charge in [-0.2, -0.15) is 0 Å². The lowest BCUT2D eigenvalue weighted by atomic mass is 10.1. The number of aryl methyl sites for hydroxylation is 2. The summed E-state index contributed by atoms with van der Waals surface area (Å²) in [5.41, 5.74) is 3.09. The third-order valence-electron chi connectivity index (χ3n) is 3.36. The molecule has 22 heavy (non-hydrogen) atoms. The van der Waals surface area contributed by atoms with E-state index in [1.54, 1.807) is 0 Å². The van der Waals surface area contributed by atoms with Crippen LogP contribution in [0.15, 0.2) is 42.5 Å². The first kappa shape index (κ1) is 16.4. The lowest BCUT2D eigenvalue weighted by Gasteiger charge is -2.10. The highest BCUT2D eigenvalue weighted by atomic mass is 35.5. The highest BCUT2D eigenvalue weighted by Gasteiger charge is 2.06. The quantitative estimate of drug-likeness (QED) is 0.882. The highest BCUT2D eigenvalue weighted by Crippen LogP contribution is 2.25. The van der Waals surface area contributed by atoms with E-state index in [1.165, 1.54) is 5.56 Å². The second-order valence-electron chi connectivity index (χ2n) is 5.25. The van der Waals surface area contributed by atoms with E-state index in [4.69, 9.17) is 16.3 Å². The lowest BCUT2D eigenvalue weighted by Crippen LogP contribution is -2.30. The third-order valence-corrected chi connectivity index (χ3v) is 3.95. The SMILES string of the molecule is Cc1cc(OCC(=O)NCCc2ccccc2)cc(C)c1Cl. The minimum absolute atomic E-state index is 0.00923. The van der Waals surface area contributed by atoms with E-state index in [1.807, 2.05) is 56.3 Å². The molecule has 0 aliphatic carbocycles. The van der Waals surface area contributed by atoms with Crippen molar-refractivity contribution in [1.82, 2.24) is 5.32 Å². The van der Waals surface area contributed by atoms with Gasteiger partial charge in [0.25, 0.3) is 5.91 Å². The molecule has 0 saturated heterocycles. The second-order valence-corrected chi connectivity index (χ2v) is 5.62. The zero-order valence-electron chi connectivity index (χ0n) is 12.9. The number of amides is 1. The standard InChI is InChI=1S/C18H20ClNO2/c1-13-10-16(11-14(2)18(13)19)22-12-17(21)20-9-8-15-6-4-3-5-7-15/h3-7,10-11H,8-9,12H2,1-2H3,(H,20,21). The van der Waals surface area contributed by atoms with Gasteiger partial charge in [0.15, 0.2) is 6.61 Å². The highest BCUT2D eigenvalue weighted by molar-refractivity contribution is 6.32. The van der Waals surface area contributed by atoms with E-state index >= 15 is 0 Å². The fraction of sp³-hybridized carbons (Fsp3) is 0.278. The van der Waals surface area contributed by atoms with Crippen LogP contribution in [0, 0.1) is 13.8 Å². The Morgan fingerprint density at radius 3 is 2.41 bits per heavy atom. The van der Waals surface area contributed by atoms with Crippen molar-refractivity contribution < 1.29 is 9.53 Å². The molecule has 0 unspecified atom stereocenters. The third kappa shape index (κ3) is 4.78. The van der Waals surface area contributed by atoms with Crippen molar-refractivity contribution >= 4 is 17.5 Å². The normalized spacial score (nSPS) is 10.3. The molecular weight excluding hydrogens is 298 g/mol. The Balaban J connectivity index is 1.76. The number of hydrogen-bond donors (Lipinski definition) is 1. The molecule has 0 aliphatic rings. The number of halogens is 1. The molecule has 1 N–H and O–H groups in total. The van der Waals surface area contributed by atoms with Gasteiger partial charge in [0.2, 0.25) is 0 Å². The molecule has 0 radical (unpaired) electrons. The molecule has 0 aromatic heterocycles. The van der Waals surface area contributed by atoms with Crippen molar-refractivity contribution in [2.75, 3.05) is 13.2 Å². The molecule has 2 rings (SSSR count). The Labute approximate surface area is 136 Å². The van der Waals surface area contributed by atoms with Crippen LogP contribution in [0.5, 0.6) is 5.75 Å². The fourth-order valence-corrected chi connectivity index (χ4v) is 2.29. The van der Waals surface area contributed by atoms with Crippen LogP contribution in [0.3, 0.4) is 0 Å². The summed E-state index contributed by atoms with van der Waals surface area (Å²) in [7, 11) is 0. The van der Waals surface area contributed by atoms with Crippen LogP contribution < -0.4 is 10.1 Å². The maximum absolute atomic E-state index is 11.8. The van der Waals surface area contributed by atoms with Crippen molar-refractivity contribution in [2.45, 2.75) is 20.3 Å². The van der Waals surface area contributed by atoms with E-state index in [0.717, 1.165) is 22.6 Å². The van der Waals surface area contributed by atoms with Gasteiger partial charge in [0.1, 0.15) is 5.75 Å². The average molecular weight is 318 g/mol. The number of carbonyl (C=O) groups is 1. The predicted molar refractivity (Wildman–Crippen MR) is 89.6 cm³/mol. The summed E-state index contributed by atoms with van der Waals surface area (Å²) < 4.78 is 5.52. The van der Waals surface area contributed by atoms with Gasteiger partial charge in [-0.25, -0.2) is 0 Å². The predicted octanol–water partition coefficient (Wildman–Crippen LogP) is 3.69. The van der Waals surface area contributed by atoms with Crippen molar-refractivity contribution in [3.8, 4) is 5.75 Å². The number of ether oxygens (including phenoxy) is 1. The second kappa shape index (κ2) is 7.85. The van der Waals surface area contributed by atoms with E-state index in [-0.39, 0.29) is 12.5 Å². The van der Waals surface area contributed by atoms with E-state index < -0.39 is 0 Å². The molecule has 116 valence electrons. The summed E-state index contributed by atoms with van der Waals surface area (Å²) in [6.45, 7) is 4.45. The first-order chi connectivity index (χ1) is 10.6. The van der Waals surface area contributed by atoms with Crippen molar-refractivity contribution in [3.63, 3.8) is 0 Å². The summed E-state index contributed by atoms with van der Waals surface area (Å²) in [5.74, 6) is 0.541. The minimum atomic E-state index is -0.124. The molecule has 3 nitrogen and oxygen atoms in total. The first-order valence-electron chi connectivity index (χ1n) is 7.26. The summed E-state index contributed by atoms with van der Waals surface area (Å²) in [6.07, 6.45) is 0.811. The monoisotopic (exact) mass is 317 g/mol. The van der Waals surface area contributed by atoms with Crippen LogP contribution in [-0.2, 0) is 11.2 Å². The Hall–Kier alpha value is -2.00. The number of hydrogen-bond acceptors (Lipinski definition) is 2. The molecule has 4 heteroatoms. The van der Waals surface area contributed by atoms with Crippen LogP contribution in [0.25, 0.3) is 0 Å². The first-order valence-corrected chi connectivity index (χ1v) is 7.64. The van der Waals surface area contributed by atoms with Gasteiger partial charge < -0.3 is 10.1 Å². The Morgan fingerprint density at radius 2 is 1.77 bits per heavy atom. The van der Waals surface area contributed by atoms with Crippen molar-refractivity contribution in [1.29, 1.82) is 0 Å². The van der Waals surface area contributed by atoms with Crippen LogP contribution in [0.2, 0.25) is 5.02 Å². The van der Waals surface area contributed by atoms with E-state index in [2.05, 4.69) is 5.32 Å². The Bertz CT molecular complexity index is 618. The van der Waals surface area contributed by atoms with E-state index in [0.29, 0.717) is 12.3 Å². The fourth-order valence-electron chi connectivity index (χ4n) is 2.18. The van der Waals surface area contributed by atoms with Crippen molar-refractivity contribution in [2.24, 2.45) is 0 Å². The molecular formula is C18H20ClNO2. The number of rotatable bonds is 6. The largest absolute Gasteiger partial charge is 0.484 e. The summed E-state index contributed by atoms with van der Waals surface area (Å²) in [6, 6.07) is 13.7. The zero-order chi connectivity index (χ0) is 15.9. The number of benzene rings is 2. The molecule has 0 atom stereocenters. The molecule has 0 saturated carbocycles. The topological polar surface area (TPSA) is 38.3 Å². The minimum Gasteiger partial charge on any atom is -0.484 e. The summed E-state index contributed by atoms with van der Waals surface area (Å²) in [4.78, 5) is 11.8. The summed E-state index contributed by atoms with van der Waals surface area (Å²) >= 11 is 6.10. The lowest BCUT2D eigenvalue weighted by molar-refractivity contribution is -0.123. The van der Waals surface area contributed by atoms with Gasteiger partial charge in [-0.05, 0) is 49.1 Å². The maximum Gasteiger partial charge on any atom is 0.257 e. The molecule has 1 amide bonds. The molecule has 0 aliphatic heterocycles. The molecule has 0 bridgehead atoms. The molecule has 0 heterocycles. The van der Waals surface area contributed by atoms with Gasteiger partial charge >= 0.3 is 0 Å². The van der Waals surface area contributed by atoms with Crippen LogP contribution in [-0.4, -0.2) is 19.1 Å². The average Bonchev–Trinajstić information content (AvgIpc) is 2.51. The molecule has 2 aromatic carbocycles. The van der Waals surface area contributed by atoms with Crippen LogP contribution in [0.1, 0.15) is 16.7 Å².